The van der Waals surface area contributed by atoms with Gasteiger partial charge in [0.25, 0.3) is 0 Å². The molecule has 0 radical (unpaired) electrons. The Hall–Kier alpha value is -0.390. The summed E-state index contributed by atoms with van der Waals surface area (Å²) in [6, 6.07) is 5.91. The van der Waals surface area contributed by atoms with Crippen LogP contribution in [0.4, 0.5) is 11.4 Å². The third kappa shape index (κ3) is 4.08. The number of rotatable bonds is 4. The lowest BCUT2D eigenvalue weighted by molar-refractivity contribution is 0.314. The summed E-state index contributed by atoms with van der Waals surface area (Å²) in [5, 5.41) is 3.40. The van der Waals surface area contributed by atoms with Crippen LogP contribution in [-0.4, -0.2) is 42.6 Å². The second-order valence-corrected chi connectivity index (χ2v) is 6.25. The number of nitrogen functional groups attached to an aromatic ring is 1. The lowest BCUT2D eigenvalue weighted by Crippen LogP contribution is -2.36. The summed E-state index contributed by atoms with van der Waals surface area (Å²) in [7, 11) is 0. The van der Waals surface area contributed by atoms with Crippen LogP contribution in [-0.2, 0) is 0 Å². The standard InChI is InChI=1S/C12H18BrN3S/c13-10-1-2-11(14)12(9-10)15-3-4-16-5-7-17-8-6-16/h1-2,9,15H,3-8,14H2. The van der Waals surface area contributed by atoms with Crippen molar-refractivity contribution < 1.29 is 0 Å². The summed E-state index contributed by atoms with van der Waals surface area (Å²) >= 11 is 5.50. The van der Waals surface area contributed by atoms with E-state index in [9.17, 15) is 0 Å². The molecule has 0 spiro atoms. The second-order valence-electron chi connectivity index (χ2n) is 4.11. The van der Waals surface area contributed by atoms with Crippen molar-refractivity contribution in [1.29, 1.82) is 0 Å². The van der Waals surface area contributed by atoms with Crippen LogP contribution in [0.3, 0.4) is 0 Å². The molecular formula is C12H18BrN3S. The zero-order valence-corrected chi connectivity index (χ0v) is 12.2. The molecule has 5 heteroatoms. The molecule has 0 aliphatic carbocycles. The van der Waals surface area contributed by atoms with E-state index in [1.54, 1.807) is 0 Å². The summed E-state index contributed by atoms with van der Waals surface area (Å²) < 4.78 is 1.06. The molecule has 1 aromatic carbocycles. The predicted molar refractivity (Wildman–Crippen MR) is 80.8 cm³/mol. The maximum Gasteiger partial charge on any atom is 0.0585 e. The SMILES string of the molecule is Nc1ccc(Br)cc1NCCN1CCSCC1. The summed E-state index contributed by atoms with van der Waals surface area (Å²) in [4.78, 5) is 2.50. The van der Waals surface area contributed by atoms with Crippen LogP contribution in [0.5, 0.6) is 0 Å². The van der Waals surface area contributed by atoms with E-state index in [0.29, 0.717) is 0 Å². The fourth-order valence-corrected chi connectivity index (χ4v) is 3.19. The highest BCUT2D eigenvalue weighted by molar-refractivity contribution is 9.10. The molecule has 0 bridgehead atoms. The van der Waals surface area contributed by atoms with Crippen LogP contribution >= 0.6 is 27.7 Å². The number of hydrogen-bond donors (Lipinski definition) is 2. The Bertz CT molecular complexity index is 367. The fourth-order valence-electron chi connectivity index (χ4n) is 1.86. The molecular weight excluding hydrogens is 298 g/mol. The van der Waals surface area contributed by atoms with Gasteiger partial charge in [0.2, 0.25) is 0 Å². The van der Waals surface area contributed by atoms with E-state index in [1.807, 2.05) is 30.0 Å². The first kappa shape index (κ1) is 13.1. The topological polar surface area (TPSA) is 41.3 Å². The van der Waals surface area contributed by atoms with Crippen LogP contribution in [0.1, 0.15) is 0 Å². The zero-order chi connectivity index (χ0) is 12.1. The minimum atomic E-state index is 0.808. The molecule has 2 rings (SSSR count). The fraction of sp³-hybridized carbons (Fsp3) is 0.500. The minimum absolute atomic E-state index is 0.808. The Kier molecular flexibility index (Phi) is 5.00. The predicted octanol–water partition coefficient (Wildman–Crippen LogP) is 2.49. The first-order valence-corrected chi connectivity index (χ1v) is 7.79. The molecule has 1 aliphatic rings. The van der Waals surface area contributed by atoms with E-state index in [-0.39, 0.29) is 0 Å². The summed E-state index contributed by atoms with van der Waals surface area (Å²) in [6.45, 7) is 4.46. The van der Waals surface area contributed by atoms with Crippen molar-refractivity contribution in [2.75, 3.05) is 48.7 Å². The van der Waals surface area contributed by atoms with E-state index in [0.717, 1.165) is 28.9 Å². The maximum atomic E-state index is 5.91. The first-order chi connectivity index (χ1) is 8.25. The normalized spacial score (nSPS) is 17.0. The van der Waals surface area contributed by atoms with Gasteiger partial charge in [-0.1, -0.05) is 15.9 Å². The Balaban J connectivity index is 1.79. The average molecular weight is 316 g/mol. The maximum absolute atomic E-state index is 5.91. The molecule has 1 fully saturated rings. The van der Waals surface area contributed by atoms with E-state index < -0.39 is 0 Å². The van der Waals surface area contributed by atoms with Gasteiger partial charge in [-0.2, -0.15) is 11.8 Å². The zero-order valence-electron chi connectivity index (χ0n) is 9.79. The second kappa shape index (κ2) is 6.52. The van der Waals surface area contributed by atoms with Crippen molar-refractivity contribution in [3.8, 4) is 0 Å². The Labute approximate surface area is 115 Å². The summed E-state index contributed by atoms with van der Waals surface area (Å²) in [5.74, 6) is 2.53. The highest BCUT2D eigenvalue weighted by Crippen LogP contribution is 2.23. The highest BCUT2D eigenvalue weighted by Gasteiger charge is 2.09. The van der Waals surface area contributed by atoms with Gasteiger partial charge in [0, 0.05) is 42.2 Å². The minimum Gasteiger partial charge on any atom is -0.397 e. The first-order valence-electron chi connectivity index (χ1n) is 5.85. The Morgan fingerprint density at radius 1 is 1.35 bits per heavy atom. The van der Waals surface area contributed by atoms with E-state index >= 15 is 0 Å². The van der Waals surface area contributed by atoms with Crippen molar-refractivity contribution in [3.63, 3.8) is 0 Å². The van der Waals surface area contributed by atoms with Crippen molar-refractivity contribution in [2.45, 2.75) is 0 Å². The number of nitrogens with two attached hydrogens (primary N) is 1. The number of anilines is 2. The van der Waals surface area contributed by atoms with Crippen molar-refractivity contribution in [1.82, 2.24) is 4.90 Å². The van der Waals surface area contributed by atoms with Gasteiger partial charge in [0.15, 0.2) is 0 Å². The molecule has 1 aliphatic heterocycles. The van der Waals surface area contributed by atoms with Gasteiger partial charge in [-0.05, 0) is 18.2 Å². The molecule has 0 unspecified atom stereocenters. The smallest absolute Gasteiger partial charge is 0.0585 e. The highest BCUT2D eigenvalue weighted by atomic mass is 79.9. The third-order valence-corrected chi connectivity index (χ3v) is 4.30. The molecule has 0 amide bonds. The molecule has 1 aromatic rings. The number of nitrogens with zero attached hydrogens (tertiary/aromatic N) is 1. The van der Waals surface area contributed by atoms with Gasteiger partial charge in [-0.3, -0.25) is 4.90 Å². The average Bonchev–Trinajstić information content (AvgIpc) is 2.35. The van der Waals surface area contributed by atoms with Crippen molar-refractivity contribution >= 4 is 39.1 Å². The number of hydrogen-bond acceptors (Lipinski definition) is 4. The molecule has 0 aromatic heterocycles. The van der Waals surface area contributed by atoms with E-state index in [1.165, 1.54) is 24.6 Å². The molecule has 17 heavy (non-hydrogen) atoms. The van der Waals surface area contributed by atoms with Gasteiger partial charge >= 0.3 is 0 Å². The number of halogens is 1. The molecule has 94 valence electrons. The number of benzene rings is 1. The summed E-state index contributed by atoms with van der Waals surface area (Å²) in [5.41, 5.74) is 7.74. The van der Waals surface area contributed by atoms with Gasteiger partial charge < -0.3 is 11.1 Å². The van der Waals surface area contributed by atoms with E-state index in [2.05, 4.69) is 26.1 Å². The molecule has 0 saturated carbocycles. The molecule has 3 N–H and O–H groups in total. The largest absolute Gasteiger partial charge is 0.397 e. The molecule has 3 nitrogen and oxygen atoms in total. The monoisotopic (exact) mass is 315 g/mol. The van der Waals surface area contributed by atoms with Crippen LogP contribution in [0.2, 0.25) is 0 Å². The molecule has 1 heterocycles. The Morgan fingerprint density at radius 2 is 2.12 bits per heavy atom. The van der Waals surface area contributed by atoms with Gasteiger partial charge in [-0.15, -0.1) is 0 Å². The van der Waals surface area contributed by atoms with Crippen LogP contribution in [0, 0.1) is 0 Å². The van der Waals surface area contributed by atoms with Crippen molar-refractivity contribution in [3.05, 3.63) is 22.7 Å². The lowest BCUT2D eigenvalue weighted by atomic mass is 10.2. The number of nitrogens with one attached hydrogen (secondary N) is 1. The molecule has 1 saturated heterocycles. The van der Waals surface area contributed by atoms with Gasteiger partial charge in [-0.25, -0.2) is 0 Å². The van der Waals surface area contributed by atoms with Gasteiger partial charge in [0.1, 0.15) is 0 Å². The quantitative estimate of drug-likeness (QED) is 0.838. The lowest BCUT2D eigenvalue weighted by Gasteiger charge is -2.26. The number of thioether (sulfide) groups is 1. The third-order valence-electron chi connectivity index (χ3n) is 2.86. The van der Waals surface area contributed by atoms with Crippen LogP contribution in [0.25, 0.3) is 0 Å². The van der Waals surface area contributed by atoms with Gasteiger partial charge in [0.05, 0.1) is 11.4 Å². The van der Waals surface area contributed by atoms with Crippen LogP contribution < -0.4 is 11.1 Å². The molecule has 0 atom stereocenters. The van der Waals surface area contributed by atoms with Crippen molar-refractivity contribution in [2.24, 2.45) is 0 Å². The van der Waals surface area contributed by atoms with E-state index in [4.69, 9.17) is 5.73 Å². The van der Waals surface area contributed by atoms with Crippen LogP contribution in [0.15, 0.2) is 22.7 Å². The summed E-state index contributed by atoms with van der Waals surface area (Å²) in [6.07, 6.45) is 0. The Morgan fingerprint density at radius 3 is 2.88 bits per heavy atom.